The molecule has 0 aromatic heterocycles. The first-order chi connectivity index (χ1) is 10.0. The fourth-order valence-electron chi connectivity index (χ4n) is 3.40. The van der Waals surface area contributed by atoms with Crippen LogP contribution in [0.2, 0.25) is 5.02 Å². The molecule has 0 saturated carbocycles. The summed E-state index contributed by atoms with van der Waals surface area (Å²) in [5.41, 5.74) is 0.702. The number of hydrogen-bond acceptors (Lipinski definition) is 2. The van der Waals surface area contributed by atoms with E-state index < -0.39 is 11.4 Å². The molecule has 1 aromatic rings. The topological polar surface area (TPSA) is 40.5 Å². The molecule has 1 aromatic carbocycles. The van der Waals surface area contributed by atoms with E-state index in [-0.39, 0.29) is 0 Å². The van der Waals surface area contributed by atoms with E-state index in [0.717, 1.165) is 37.4 Å². The third kappa shape index (κ3) is 3.41. The van der Waals surface area contributed by atoms with Gasteiger partial charge in [0.05, 0.1) is 5.41 Å². The maximum absolute atomic E-state index is 11.5. The van der Waals surface area contributed by atoms with Gasteiger partial charge in [0.2, 0.25) is 0 Å². The van der Waals surface area contributed by atoms with Gasteiger partial charge < -0.3 is 5.11 Å². The third-order valence-corrected chi connectivity index (χ3v) is 5.18. The zero-order valence-corrected chi connectivity index (χ0v) is 13.6. The van der Waals surface area contributed by atoms with Crippen molar-refractivity contribution in [2.45, 2.75) is 45.6 Å². The summed E-state index contributed by atoms with van der Waals surface area (Å²) in [5.74, 6) is -0.638. The van der Waals surface area contributed by atoms with E-state index in [9.17, 15) is 9.90 Å². The summed E-state index contributed by atoms with van der Waals surface area (Å²) in [4.78, 5) is 13.9. The molecule has 4 heteroatoms. The molecule has 0 radical (unpaired) electrons. The van der Waals surface area contributed by atoms with Crippen LogP contribution in [-0.2, 0) is 4.79 Å². The predicted octanol–water partition coefficient (Wildman–Crippen LogP) is 4.37. The van der Waals surface area contributed by atoms with Crippen molar-refractivity contribution in [1.82, 2.24) is 4.90 Å². The fourth-order valence-corrected chi connectivity index (χ4v) is 3.60. The van der Waals surface area contributed by atoms with Gasteiger partial charge in [0.15, 0.2) is 0 Å². The molecule has 1 aliphatic heterocycles. The van der Waals surface area contributed by atoms with Crippen LogP contribution in [0.25, 0.3) is 0 Å². The molecule has 116 valence electrons. The van der Waals surface area contributed by atoms with Crippen LogP contribution in [0.1, 0.15) is 51.1 Å². The van der Waals surface area contributed by atoms with Crippen molar-refractivity contribution in [1.29, 1.82) is 0 Å². The highest BCUT2D eigenvalue weighted by Gasteiger charge is 2.40. The standard InChI is InChI=1S/C17H24ClNO2/c1-3-15(13-6-5-7-14(18)12-13)19-10-8-17(4-2,9-11-19)16(20)21/h5-7,12,15H,3-4,8-11H2,1-2H3,(H,20,21). The maximum atomic E-state index is 11.5. The van der Waals surface area contributed by atoms with Crippen LogP contribution in [-0.4, -0.2) is 29.1 Å². The first kappa shape index (κ1) is 16.3. The van der Waals surface area contributed by atoms with Gasteiger partial charge in [-0.15, -0.1) is 0 Å². The van der Waals surface area contributed by atoms with Crippen molar-refractivity contribution in [3.05, 3.63) is 34.9 Å². The van der Waals surface area contributed by atoms with Gasteiger partial charge in [-0.05, 0) is 56.5 Å². The minimum absolute atomic E-state index is 0.326. The molecule has 3 nitrogen and oxygen atoms in total. The lowest BCUT2D eigenvalue weighted by Crippen LogP contribution is -2.45. The minimum Gasteiger partial charge on any atom is -0.481 e. The van der Waals surface area contributed by atoms with Gasteiger partial charge in [0, 0.05) is 11.1 Å². The number of carboxylic acids is 1. The zero-order valence-electron chi connectivity index (χ0n) is 12.8. The zero-order chi connectivity index (χ0) is 15.5. The maximum Gasteiger partial charge on any atom is 0.309 e. The van der Waals surface area contributed by atoms with Crippen LogP contribution in [0.5, 0.6) is 0 Å². The van der Waals surface area contributed by atoms with Crippen LogP contribution < -0.4 is 0 Å². The second kappa shape index (κ2) is 6.80. The van der Waals surface area contributed by atoms with Gasteiger partial charge in [-0.2, -0.15) is 0 Å². The number of carbonyl (C=O) groups is 1. The molecule has 1 aliphatic rings. The lowest BCUT2D eigenvalue weighted by molar-refractivity contribution is -0.152. The summed E-state index contributed by atoms with van der Waals surface area (Å²) >= 11 is 6.10. The quantitative estimate of drug-likeness (QED) is 0.878. The van der Waals surface area contributed by atoms with E-state index in [4.69, 9.17) is 11.6 Å². The molecule has 0 amide bonds. The second-order valence-electron chi connectivity index (χ2n) is 5.95. The highest BCUT2D eigenvalue weighted by Crippen LogP contribution is 2.38. The number of rotatable bonds is 5. The van der Waals surface area contributed by atoms with Crippen molar-refractivity contribution < 1.29 is 9.90 Å². The highest BCUT2D eigenvalue weighted by molar-refractivity contribution is 6.30. The van der Waals surface area contributed by atoms with Crippen LogP contribution >= 0.6 is 11.6 Å². The number of aliphatic carboxylic acids is 1. The van der Waals surface area contributed by atoms with Crippen molar-refractivity contribution >= 4 is 17.6 Å². The normalized spacial score (nSPS) is 20.1. The van der Waals surface area contributed by atoms with Crippen LogP contribution in [0, 0.1) is 5.41 Å². The summed E-state index contributed by atoms with van der Waals surface area (Å²) < 4.78 is 0. The van der Waals surface area contributed by atoms with Crippen molar-refractivity contribution in [2.75, 3.05) is 13.1 Å². The molecule has 1 heterocycles. The lowest BCUT2D eigenvalue weighted by Gasteiger charge is -2.42. The molecule has 2 rings (SSSR count). The number of piperidine rings is 1. The first-order valence-corrected chi connectivity index (χ1v) is 8.13. The number of likely N-dealkylation sites (tertiary alicyclic amines) is 1. The molecular weight excluding hydrogens is 286 g/mol. The molecule has 21 heavy (non-hydrogen) atoms. The van der Waals surface area contributed by atoms with Crippen molar-refractivity contribution in [2.24, 2.45) is 5.41 Å². The summed E-state index contributed by atoms with van der Waals surface area (Å²) in [6.07, 6.45) is 3.18. The van der Waals surface area contributed by atoms with E-state index in [2.05, 4.69) is 17.9 Å². The largest absolute Gasteiger partial charge is 0.481 e. The average molecular weight is 310 g/mol. The summed E-state index contributed by atoms with van der Waals surface area (Å²) in [5, 5.41) is 10.2. The molecular formula is C17H24ClNO2. The number of hydrogen-bond donors (Lipinski definition) is 1. The Hall–Kier alpha value is -1.06. The first-order valence-electron chi connectivity index (χ1n) is 7.75. The van der Waals surface area contributed by atoms with Gasteiger partial charge in [0.1, 0.15) is 0 Å². The molecule has 0 spiro atoms. The molecule has 0 aliphatic carbocycles. The minimum atomic E-state index is -0.638. The van der Waals surface area contributed by atoms with Gasteiger partial charge in [-0.25, -0.2) is 0 Å². The molecule has 0 bridgehead atoms. The number of nitrogens with zero attached hydrogens (tertiary/aromatic N) is 1. The average Bonchev–Trinajstić information content (AvgIpc) is 2.49. The van der Waals surface area contributed by atoms with Gasteiger partial charge >= 0.3 is 5.97 Å². The Morgan fingerprint density at radius 2 is 2.05 bits per heavy atom. The van der Waals surface area contributed by atoms with E-state index in [0.29, 0.717) is 12.5 Å². The predicted molar refractivity (Wildman–Crippen MR) is 85.7 cm³/mol. The van der Waals surface area contributed by atoms with E-state index >= 15 is 0 Å². The van der Waals surface area contributed by atoms with Gasteiger partial charge in [0.25, 0.3) is 0 Å². The monoisotopic (exact) mass is 309 g/mol. The Bertz CT molecular complexity index is 495. The number of halogens is 1. The Balaban J connectivity index is 2.11. The fraction of sp³-hybridized carbons (Fsp3) is 0.588. The Labute approximate surface area is 131 Å². The number of benzene rings is 1. The third-order valence-electron chi connectivity index (χ3n) is 4.95. The molecule has 1 fully saturated rings. The smallest absolute Gasteiger partial charge is 0.309 e. The second-order valence-corrected chi connectivity index (χ2v) is 6.39. The molecule has 1 N–H and O–H groups in total. The SMILES string of the molecule is CCC(c1cccc(Cl)c1)N1CCC(CC)(C(=O)O)CC1. The summed E-state index contributed by atoms with van der Waals surface area (Å²) in [6.45, 7) is 5.83. The van der Waals surface area contributed by atoms with Crippen molar-refractivity contribution in [3.8, 4) is 0 Å². The highest BCUT2D eigenvalue weighted by atomic mass is 35.5. The molecule has 1 unspecified atom stereocenters. The van der Waals surface area contributed by atoms with Crippen LogP contribution in [0.3, 0.4) is 0 Å². The van der Waals surface area contributed by atoms with Gasteiger partial charge in [-0.3, -0.25) is 9.69 Å². The lowest BCUT2D eigenvalue weighted by atomic mass is 9.75. The van der Waals surface area contributed by atoms with E-state index in [1.807, 2.05) is 25.1 Å². The van der Waals surface area contributed by atoms with Gasteiger partial charge in [-0.1, -0.05) is 37.6 Å². The van der Waals surface area contributed by atoms with Crippen LogP contribution in [0.15, 0.2) is 24.3 Å². The summed E-state index contributed by atoms with van der Waals surface area (Å²) in [7, 11) is 0. The summed E-state index contributed by atoms with van der Waals surface area (Å²) in [6, 6.07) is 8.33. The Morgan fingerprint density at radius 3 is 2.52 bits per heavy atom. The molecule has 1 saturated heterocycles. The number of carboxylic acid groups (broad SMARTS) is 1. The van der Waals surface area contributed by atoms with Crippen molar-refractivity contribution in [3.63, 3.8) is 0 Å². The Kier molecular flexibility index (Phi) is 5.28. The van der Waals surface area contributed by atoms with Crippen LogP contribution in [0.4, 0.5) is 0 Å². The van der Waals surface area contributed by atoms with E-state index in [1.165, 1.54) is 5.56 Å². The molecule has 1 atom stereocenters. The Morgan fingerprint density at radius 1 is 1.38 bits per heavy atom. The van der Waals surface area contributed by atoms with E-state index in [1.54, 1.807) is 0 Å².